The summed E-state index contributed by atoms with van der Waals surface area (Å²) in [6.07, 6.45) is 5.49. The zero-order valence-corrected chi connectivity index (χ0v) is 12.9. The van der Waals surface area contributed by atoms with Crippen LogP contribution in [-0.4, -0.2) is 12.8 Å². The van der Waals surface area contributed by atoms with E-state index < -0.39 is 6.16 Å². The van der Waals surface area contributed by atoms with Gasteiger partial charge in [0.1, 0.15) is 5.75 Å². The van der Waals surface area contributed by atoms with Crippen LogP contribution in [0.25, 0.3) is 0 Å². The Hall–Kier alpha value is -1.51. The van der Waals surface area contributed by atoms with E-state index in [4.69, 9.17) is 9.47 Å². The van der Waals surface area contributed by atoms with Crippen LogP contribution in [0.3, 0.4) is 0 Å². The van der Waals surface area contributed by atoms with Crippen LogP contribution >= 0.6 is 0 Å². The predicted octanol–water partition coefficient (Wildman–Crippen LogP) is 4.98. The number of unbranched alkanes of at least 4 members (excludes halogenated alkanes) is 3. The first-order valence-corrected chi connectivity index (χ1v) is 7.55. The van der Waals surface area contributed by atoms with E-state index in [2.05, 4.69) is 6.92 Å². The van der Waals surface area contributed by atoms with Gasteiger partial charge in [0.2, 0.25) is 0 Å². The third kappa shape index (κ3) is 7.17. The lowest BCUT2D eigenvalue weighted by Crippen LogP contribution is -2.14. The van der Waals surface area contributed by atoms with Crippen molar-refractivity contribution in [3.05, 3.63) is 29.8 Å². The van der Waals surface area contributed by atoms with Crippen LogP contribution in [-0.2, 0) is 11.2 Å². The SMILES string of the molecule is CCCCCCc1ccc(OC(=O)OCC(C)C)cc1. The van der Waals surface area contributed by atoms with Crippen molar-refractivity contribution < 1.29 is 14.3 Å². The molecule has 3 heteroatoms. The lowest BCUT2D eigenvalue weighted by Gasteiger charge is -2.08. The predicted molar refractivity (Wildman–Crippen MR) is 81.1 cm³/mol. The van der Waals surface area contributed by atoms with Crippen LogP contribution in [0.15, 0.2) is 24.3 Å². The molecule has 112 valence electrons. The Morgan fingerprint density at radius 1 is 1.10 bits per heavy atom. The van der Waals surface area contributed by atoms with Gasteiger partial charge in [0.15, 0.2) is 0 Å². The molecule has 0 aliphatic rings. The van der Waals surface area contributed by atoms with Gasteiger partial charge in [-0.3, -0.25) is 0 Å². The Morgan fingerprint density at radius 3 is 2.40 bits per heavy atom. The van der Waals surface area contributed by atoms with Crippen molar-refractivity contribution in [2.75, 3.05) is 6.61 Å². The van der Waals surface area contributed by atoms with Gasteiger partial charge in [0.05, 0.1) is 6.61 Å². The molecule has 0 heterocycles. The van der Waals surface area contributed by atoms with Crippen molar-refractivity contribution in [2.24, 2.45) is 5.92 Å². The molecule has 0 atom stereocenters. The normalized spacial score (nSPS) is 10.6. The topological polar surface area (TPSA) is 35.5 Å². The molecule has 1 rings (SSSR count). The second-order valence-electron chi connectivity index (χ2n) is 5.51. The average molecular weight is 278 g/mol. The molecule has 0 bridgehead atoms. The minimum atomic E-state index is -0.630. The third-order valence-electron chi connectivity index (χ3n) is 2.98. The van der Waals surface area contributed by atoms with Crippen molar-refractivity contribution in [1.29, 1.82) is 0 Å². The highest BCUT2D eigenvalue weighted by Crippen LogP contribution is 2.15. The largest absolute Gasteiger partial charge is 0.513 e. The average Bonchev–Trinajstić information content (AvgIpc) is 2.43. The Balaban J connectivity index is 2.32. The molecule has 0 saturated heterocycles. The van der Waals surface area contributed by atoms with Gasteiger partial charge in [-0.05, 0) is 36.5 Å². The number of carbonyl (C=O) groups excluding carboxylic acids is 1. The molecule has 0 spiro atoms. The molecule has 1 aromatic carbocycles. The summed E-state index contributed by atoms with van der Waals surface area (Å²) in [7, 11) is 0. The maximum absolute atomic E-state index is 11.4. The molecule has 0 N–H and O–H groups in total. The van der Waals surface area contributed by atoms with E-state index in [9.17, 15) is 4.79 Å². The Labute approximate surface area is 122 Å². The molecule has 0 aromatic heterocycles. The van der Waals surface area contributed by atoms with Gasteiger partial charge < -0.3 is 9.47 Å². The first-order chi connectivity index (χ1) is 9.61. The van der Waals surface area contributed by atoms with E-state index in [0.29, 0.717) is 18.3 Å². The van der Waals surface area contributed by atoms with Crippen LogP contribution in [0.1, 0.15) is 52.0 Å². The number of carbonyl (C=O) groups is 1. The van der Waals surface area contributed by atoms with Crippen molar-refractivity contribution in [3.8, 4) is 5.75 Å². The second-order valence-corrected chi connectivity index (χ2v) is 5.51. The third-order valence-corrected chi connectivity index (χ3v) is 2.98. The maximum atomic E-state index is 11.4. The number of rotatable bonds is 8. The molecule has 0 aliphatic carbocycles. The lowest BCUT2D eigenvalue weighted by molar-refractivity contribution is 0.0885. The maximum Gasteiger partial charge on any atom is 0.513 e. The van der Waals surface area contributed by atoms with Gasteiger partial charge in [0, 0.05) is 0 Å². The van der Waals surface area contributed by atoms with Crippen LogP contribution < -0.4 is 4.74 Å². The van der Waals surface area contributed by atoms with Crippen molar-refractivity contribution >= 4 is 6.16 Å². The zero-order chi connectivity index (χ0) is 14.8. The summed E-state index contributed by atoms with van der Waals surface area (Å²) in [6, 6.07) is 7.67. The molecule has 0 saturated carbocycles. The highest BCUT2D eigenvalue weighted by molar-refractivity contribution is 5.63. The molecular formula is C17H26O3. The summed E-state index contributed by atoms with van der Waals surface area (Å²) in [4.78, 5) is 11.4. The van der Waals surface area contributed by atoms with Crippen LogP contribution in [0.4, 0.5) is 4.79 Å². The van der Waals surface area contributed by atoms with E-state index in [-0.39, 0.29) is 0 Å². The zero-order valence-electron chi connectivity index (χ0n) is 12.9. The highest BCUT2D eigenvalue weighted by Gasteiger charge is 2.07. The lowest BCUT2D eigenvalue weighted by atomic mass is 10.1. The molecule has 0 fully saturated rings. The smallest absolute Gasteiger partial charge is 0.434 e. The molecule has 0 amide bonds. The fourth-order valence-corrected chi connectivity index (χ4v) is 1.84. The summed E-state index contributed by atoms with van der Waals surface area (Å²) < 4.78 is 10.1. The summed E-state index contributed by atoms with van der Waals surface area (Å²) in [5.74, 6) is 0.851. The fraction of sp³-hybridized carbons (Fsp3) is 0.588. The Morgan fingerprint density at radius 2 is 1.80 bits per heavy atom. The monoisotopic (exact) mass is 278 g/mol. The minimum Gasteiger partial charge on any atom is -0.434 e. The van der Waals surface area contributed by atoms with E-state index in [1.54, 1.807) is 0 Å². The fourth-order valence-electron chi connectivity index (χ4n) is 1.84. The van der Waals surface area contributed by atoms with Gasteiger partial charge in [-0.15, -0.1) is 0 Å². The molecule has 0 unspecified atom stereocenters. The standard InChI is InChI=1S/C17H26O3/c1-4-5-6-7-8-15-9-11-16(12-10-15)20-17(18)19-13-14(2)3/h9-12,14H,4-8,13H2,1-3H3. The van der Waals surface area contributed by atoms with E-state index >= 15 is 0 Å². The van der Waals surface area contributed by atoms with E-state index in [1.165, 1.54) is 31.2 Å². The van der Waals surface area contributed by atoms with Crippen LogP contribution in [0, 0.1) is 5.92 Å². The number of ether oxygens (including phenoxy) is 2. The van der Waals surface area contributed by atoms with Gasteiger partial charge >= 0.3 is 6.16 Å². The quantitative estimate of drug-likeness (QED) is 0.382. The molecule has 1 aromatic rings. The Kier molecular flexibility index (Phi) is 7.78. The summed E-state index contributed by atoms with van der Waals surface area (Å²) in [5.41, 5.74) is 1.28. The molecule has 20 heavy (non-hydrogen) atoms. The Bertz CT molecular complexity index is 382. The number of hydrogen-bond acceptors (Lipinski definition) is 3. The number of hydrogen-bond donors (Lipinski definition) is 0. The summed E-state index contributed by atoms with van der Waals surface area (Å²) in [6.45, 7) is 6.57. The molecule has 0 radical (unpaired) electrons. The van der Waals surface area contributed by atoms with Crippen LogP contribution in [0.5, 0.6) is 5.75 Å². The minimum absolute atomic E-state index is 0.313. The second kappa shape index (κ2) is 9.40. The number of benzene rings is 1. The first kappa shape index (κ1) is 16.5. The highest BCUT2D eigenvalue weighted by atomic mass is 16.7. The van der Waals surface area contributed by atoms with Crippen molar-refractivity contribution in [3.63, 3.8) is 0 Å². The van der Waals surface area contributed by atoms with Crippen molar-refractivity contribution in [2.45, 2.75) is 52.9 Å². The molecular weight excluding hydrogens is 252 g/mol. The van der Waals surface area contributed by atoms with Gasteiger partial charge in [0.25, 0.3) is 0 Å². The molecule has 3 nitrogen and oxygen atoms in total. The van der Waals surface area contributed by atoms with Crippen LogP contribution in [0.2, 0.25) is 0 Å². The van der Waals surface area contributed by atoms with Gasteiger partial charge in [-0.25, -0.2) is 4.79 Å². The summed E-state index contributed by atoms with van der Waals surface area (Å²) >= 11 is 0. The summed E-state index contributed by atoms with van der Waals surface area (Å²) in [5, 5.41) is 0. The molecule has 0 aliphatic heterocycles. The first-order valence-electron chi connectivity index (χ1n) is 7.55. The van der Waals surface area contributed by atoms with E-state index in [1.807, 2.05) is 38.1 Å². The van der Waals surface area contributed by atoms with E-state index in [0.717, 1.165) is 6.42 Å². The number of aryl methyl sites for hydroxylation is 1. The van der Waals surface area contributed by atoms with Crippen molar-refractivity contribution in [1.82, 2.24) is 0 Å². The van der Waals surface area contributed by atoms with Gasteiger partial charge in [-0.2, -0.15) is 0 Å². The van der Waals surface area contributed by atoms with Gasteiger partial charge in [-0.1, -0.05) is 52.2 Å².